The summed E-state index contributed by atoms with van der Waals surface area (Å²) in [5, 5.41) is 18.0. The van der Waals surface area contributed by atoms with E-state index in [1.54, 1.807) is 0 Å². The molecule has 1 aromatic rings. The second-order valence-electron chi connectivity index (χ2n) is 5.26. The van der Waals surface area contributed by atoms with Gasteiger partial charge in [0.05, 0.1) is 5.75 Å². The van der Waals surface area contributed by atoms with E-state index in [-0.39, 0.29) is 5.75 Å². The Morgan fingerprint density at radius 2 is 2.16 bits per heavy atom. The Balaban J connectivity index is 1.81. The van der Waals surface area contributed by atoms with Crippen molar-refractivity contribution in [2.45, 2.75) is 49.3 Å². The molecule has 0 aromatic carbocycles. The predicted molar refractivity (Wildman–Crippen MR) is 72.7 cm³/mol. The quantitative estimate of drug-likeness (QED) is 0.802. The minimum Gasteiger partial charge on any atom is -0.481 e. The van der Waals surface area contributed by atoms with Gasteiger partial charge >= 0.3 is 5.97 Å². The van der Waals surface area contributed by atoms with Gasteiger partial charge in [0.1, 0.15) is 0 Å². The highest BCUT2D eigenvalue weighted by Gasteiger charge is 2.33. The first-order chi connectivity index (χ1) is 9.16. The fourth-order valence-electron chi connectivity index (χ4n) is 2.32. The van der Waals surface area contributed by atoms with Gasteiger partial charge in [-0.05, 0) is 32.1 Å². The number of aliphatic carboxylic acids is 1. The zero-order valence-corrected chi connectivity index (χ0v) is 11.8. The molecule has 19 heavy (non-hydrogen) atoms. The second-order valence-corrected chi connectivity index (χ2v) is 6.20. The number of nitrogens with zero attached hydrogens (tertiary/aromatic N) is 4. The Bertz CT molecular complexity index is 482. The highest BCUT2D eigenvalue weighted by Crippen LogP contribution is 2.41. The van der Waals surface area contributed by atoms with Gasteiger partial charge in [0.25, 0.3) is 0 Å². The van der Waals surface area contributed by atoms with E-state index >= 15 is 0 Å². The lowest BCUT2D eigenvalue weighted by Gasteiger charge is -2.35. The summed E-state index contributed by atoms with van der Waals surface area (Å²) in [4.78, 5) is 12.9. The summed E-state index contributed by atoms with van der Waals surface area (Å²) in [5.74, 6) is 0.127. The highest BCUT2D eigenvalue weighted by molar-refractivity contribution is 7.99. The van der Waals surface area contributed by atoms with Gasteiger partial charge in [0.15, 0.2) is 5.16 Å². The van der Waals surface area contributed by atoms with Crippen LogP contribution in [0.25, 0.3) is 0 Å². The van der Waals surface area contributed by atoms with Gasteiger partial charge in [-0.1, -0.05) is 11.8 Å². The molecule has 6 nitrogen and oxygen atoms in total. The fraction of sp³-hybridized carbons (Fsp3) is 0.750. The maximum Gasteiger partial charge on any atom is 0.313 e. The van der Waals surface area contributed by atoms with Gasteiger partial charge in [-0.25, -0.2) is 0 Å². The smallest absolute Gasteiger partial charge is 0.313 e. The molecule has 7 heteroatoms. The first kappa shape index (κ1) is 12.8. The number of hydrogen-bond acceptors (Lipinski definition) is 5. The molecule has 1 heterocycles. The van der Waals surface area contributed by atoms with Crippen molar-refractivity contribution in [3.8, 4) is 0 Å². The maximum absolute atomic E-state index is 10.7. The number of aromatic nitrogens is 3. The maximum atomic E-state index is 10.7. The van der Waals surface area contributed by atoms with Crippen LogP contribution in [0.5, 0.6) is 0 Å². The number of thioether (sulfide) groups is 1. The molecular weight excluding hydrogens is 264 g/mol. The van der Waals surface area contributed by atoms with Gasteiger partial charge in [0, 0.05) is 19.1 Å². The zero-order chi connectivity index (χ0) is 13.4. The number of anilines is 1. The van der Waals surface area contributed by atoms with Gasteiger partial charge in [-0.2, -0.15) is 0 Å². The summed E-state index contributed by atoms with van der Waals surface area (Å²) in [6, 6.07) is 1.03. The topological polar surface area (TPSA) is 71.2 Å². The Labute approximate surface area is 116 Å². The van der Waals surface area contributed by atoms with E-state index in [9.17, 15) is 4.79 Å². The standard InChI is InChI=1S/C12H18N4O2S/c1-15(8-3-2-4-8)11-13-14-12(19-7-10(17)18)16(11)9-5-6-9/h8-9H,2-7H2,1H3,(H,17,18). The molecule has 0 unspecified atom stereocenters. The molecule has 3 rings (SSSR count). The van der Waals surface area contributed by atoms with Crippen molar-refractivity contribution in [1.29, 1.82) is 0 Å². The minimum absolute atomic E-state index is 0.0397. The van der Waals surface area contributed by atoms with Crippen molar-refractivity contribution in [3.05, 3.63) is 0 Å². The first-order valence-corrected chi connectivity index (χ1v) is 7.67. The first-order valence-electron chi connectivity index (χ1n) is 6.69. The molecule has 0 saturated heterocycles. The number of rotatable bonds is 6. The van der Waals surface area contributed by atoms with E-state index in [0.717, 1.165) is 23.9 Å². The minimum atomic E-state index is -0.816. The molecule has 0 amide bonds. The SMILES string of the molecule is CN(c1nnc(SCC(=O)O)n1C1CC1)C1CCC1. The third-order valence-corrected chi connectivity index (χ3v) is 4.75. The lowest BCUT2D eigenvalue weighted by Crippen LogP contribution is -2.38. The molecule has 0 spiro atoms. The number of carboxylic acid groups (broad SMARTS) is 1. The van der Waals surface area contributed by atoms with Crippen LogP contribution in [0.1, 0.15) is 38.1 Å². The normalized spacial score (nSPS) is 19.2. The van der Waals surface area contributed by atoms with E-state index in [2.05, 4.69) is 26.7 Å². The van der Waals surface area contributed by atoms with Crippen LogP contribution in [0.4, 0.5) is 5.95 Å². The third-order valence-electron chi connectivity index (χ3n) is 3.82. The summed E-state index contributed by atoms with van der Waals surface area (Å²) in [5.41, 5.74) is 0. The average Bonchev–Trinajstić information content (AvgIpc) is 3.04. The van der Waals surface area contributed by atoms with Gasteiger partial charge in [-0.15, -0.1) is 10.2 Å². The number of carboxylic acids is 1. The van der Waals surface area contributed by atoms with Crippen LogP contribution in [-0.2, 0) is 4.79 Å². The highest BCUT2D eigenvalue weighted by atomic mass is 32.2. The Kier molecular flexibility index (Phi) is 3.38. The van der Waals surface area contributed by atoms with Crippen molar-refractivity contribution < 1.29 is 9.90 Å². The number of carbonyl (C=O) groups is 1. The molecule has 2 aliphatic rings. The largest absolute Gasteiger partial charge is 0.481 e. The monoisotopic (exact) mass is 282 g/mol. The van der Waals surface area contributed by atoms with E-state index in [4.69, 9.17) is 5.11 Å². The summed E-state index contributed by atoms with van der Waals surface area (Å²) in [7, 11) is 2.07. The lowest BCUT2D eigenvalue weighted by molar-refractivity contribution is -0.133. The molecule has 2 aliphatic carbocycles. The molecule has 0 aliphatic heterocycles. The molecule has 104 valence electrons. The predicted octanol–water partition coefficient (Wildman–Crippen LogP) is 1.78. The van der Waals surface area contributed by atoms with Crippen LogP contribution in [0.15, 0.2) is 5.16 Å². The summed E-state index contributed by atoms with van der Waals surface area (Å²) < 4.78 is 2.13. The molecule has 1 N–H and O–H groups in total. The summed E-state index contributed by atoms with van der Waals surface area (Å²) in [6.45, 7) is 0. The van der Waals surface area contributed by atoms with E-state index in [1.165, 1.54) is 31.0 Å². The van der Waals surface area contributed by atoms with Crippen LogP contribution < -0.4 is 4.90 Å². The van der Waals surface area contributed by atoms with Gasteiger partial charge < -0.3 is 10.0 Å². The van der Waals surface area contributed by atoms with Crippen molar-refractivity contribution in [3.63, 3.8) is 0 Å². The van der Waals surface area contributed by atoms with Crippen molar-refractivity contribution in [2.75, 3.05) is 17.7 Å². The Hall–Kier alpha value is -1.24. The van der Waals surface area contributed by atoms with Crippen molar-refractivity contribution in [1.82, 2.24) is 14.8 Å². The average molecular weight is 282 g/mol. The molecule has 1 aromatic heterocycles. The van der Waals surface area contributed by atoms with Crippen LogP contribution in [0, 0.1) is 0 Å². The fourth-order valence-corrected chi connectivity index (χ4v) is 3.05. The lowest BCUT2D eigenvalue weighted by atomic mass is 9.92. The van der Waals surface area contributed by atoms with Crippen LogP contribution in [0.2, 0.25) is 0 Å². The van der Waals surface area contributed by atoms with Crippen LogP contribution >= 0.6 is 11.8 Å². The van der Waals surface area contributed by atoms with Gasteiger partial charge in [-0.3, -0.25) is 9.36 Å². The molecule has 0 atom stereocenters. The number of hydrogen-bond donors (Lipinski definition) is 1. The van der Waals surface area contributed by atoms with E-state index in [1.807, 2.05) is 0 Å². The summed E-state index contributed by atoms with van der Waals surface area (Å²) >= 11 is 1.26. The Morgan fingerprint density at radius 1 is 1.42 bits per heavy atom. The van der Waals surface area contributed by atoms with E-state index < -0.39 is 5.97 Å². The van der Waals surface area contributed by atoms with Crippen molar-refractivity contribution in [2.24, 2.45) is 0 Å². The summed E-state index contributed by atoms with van der Waals surface area (Å²) in [6.07, 6.45) is 6.00. The molecule has 0 radical (unpaired) electrons. The third kappa shape index (κ3) is 2.56. The van der Waals surface area contributed by atoms with E-state index in [0.29, 0.717) is 12.1 Å². The van der Waals surface area contributed by atoms with Crippen LogP contribution in [0.3, 0.4) is 0 Å². The van der Waals surface area contributed by atoms with Crippen molar-refractivity contribution >= 4 is 23.7 Å². The molecular formula is C12H18N4O2S. The van der Waals surface area contributed by atoms with Gasteiger partial charge in [0.2, 0.25) is 5.95 Å². The Morgan fingerprint density at radius 3 is 2.68 bits per heavy atom. The molecule has 0 bridgehead atoms. The molecule has 2 saturated carbocycles. The second kappa shape index (κ2) is 5.03. The van der Waals surface area contributed by atoms with Crippen LogP contribution in [-0.4, -0.2) is 44.7 Å². The molecule has 2 fully saturated rings. The zero-order valence-electron chi connectivity index (χ0n) is 10.9.